The Labute approximate surface area is 98.6 Å². The summed E-state index contributed by atoms with van der Waals surface area (Å²) in [4.78, 5) is 0.162. The number of hydrogen-bond acceptors (Lipinski definition) is 2. The molecule has 62 valence electrons. The summed E-state index contributed by atoms with van der Waals surface area (Å²) in [6, 6.07) is 7.91. The molecular weight excluding hydrogens is 209 g/mol. The van der Waals surface area contributed by atoms with Gasteiger partial charge in [-0.15, -0.1) is 4.24 Å². The van der Waals surface area contributed by atoms with E-state index in [-0.39, 0.29) is 34.5 Å². The Morgan fingerprint density at radius 2 is 1.67 bits per heavy atom. The normalized spacial score (nSPS) is 10.4. The molecule has 0 unspecified atom stereocenters. The molecule has 3 nitrogen and oxygen atoms in total. The maximum absolute atomic E-state index is 11.0. The molecule has 0 saturated carbocycles. The third kappa shape index (κ3) is 3.05. The van der Waals surface area contributed by atoms with Crippen molar-refractivity contribution in [3.63, 3.8) is 0 Å². The summed E-state index contributed by atoms with van der Waals surface area (Å²) >= 11 is 4.99. The summed E-state index contributed by atoms with van der Waals surface area (Å²) in [5, 5.41) is 0. The molecule has 0 aliphatic rings. The second-order valence-corrected chi connectivity index (χ2v) is 3.99. The van der Waals surface area contributed by atoms with Gasteiger partial charge in [0, 0.05) is 0 Å². The summed E-state index contributed by atoms with van der Waals surface area (Å²) in [6.45, 7) is 0. The van der Waals surface area contributed by atoms with Gasteiger partial charge >= 0.3 is 29.6 Å². The molecule has 12 heavy (non-hydrogen) atoms. The van der Waals surface area contributed by atoms with Crippen LogP contribution in [0.3, 0.4) is 0 Å². The fourth-order valence-corrected chi connectivity index (χ4v) is 1.52. The summed E-state index contributed by atoms with van der Waals surface area (Å²) in [5.74, 6) is 0. The van der Waals surface area contributed by atoms with Crippen LogP contribution in [-0.4, -0.2) is 38.0 Å². The van der Waals surface area contributed by atoms with Crippen LogP contribution in [0.25, 0.3) is 0 Å². The minimum absolute atomic E-state index is 0. The number of sulfonamides is 1. The first-order valence-electron chi connectivity index (χ1n) is 2.84. The monoisotopic (exact) mass is 215 g/mol. The average Bonchev–Trinajstić information content (AvgIpc) is 2.06. The van der Waals surface area contributed by atoms with Crippen molar-refractivity contribution in [2.45, 2.75) is 4.90 Å². The van der Waals surface area contributed by atoms with E-state index in [0.29, 0.717) is 0 Å². The third-order valence-corrected chi connectivity index (χ3v) is 2.86. The molecule has 1 rings (SSSR count). The van der Waals surface area contributed by atoms with Crippen LogP contribution in [-0.2, 0) is 10.0 Å². The first kappa shape index (κ1) is 12.4. The standard InChI is InChI=1S/C6H6ClNO2S.Na.H/c7-8-11(9,10)6-4-2-1-3-5-6;;/h1-5,8H;;. The zero-order chi connectivity index (χ0) is 8.32. The van der Waals surface area contributed by atoms with E-state index in [4.69, 9.17) is 11.8 Å². The first-order chi connectivity index (χ1) is 5.17. The maximum atomic E-state index is 11.0. The number of nitrogens with one attached hydrogen (secondary N) is 1. The van der Waals surface area contributed by atoms with Crippen LogP contribution in [0.4, 0.5) is 0 Å². The fourth-order valence-electron chi connectivity index (χ4n) is 0.644. The van der Waals surface area contributed by atoms with Gasteiger partial charge in [-0.05, 0) is 23.9 Å². The SMILES string of the molecule is O=S(=O)(NCl)c1ccccc1.[NaH]. The topological polar surface area (TPSA) is 46.2 Å². The quantitative estimate of drug-likeness (QED) is 0.576. The number of halogens is 1. The van der Waals surface area contributed by atoms with Gasteiger partial charge in [0.25, 0.3) is 10.0 Å². The molecule has 0 saturated heterocycles. The molecule has 0 bridgehead atoms. The van der Waals surface area contributed by atoms with Crippen molar-refractivity contribution in [3.05, 3.63) is 30.3 Å². The van der Waals surface area contributed by atoms with Crippen LogP contribution in [0.15, 0.2) is 35.2 Å². The Balaban J connectivity index is 0.00000121. The Hall–Kier alpha value is 0.420. The molecule has 0 radical (unpaired) electrons. The molecule has 6 heteroatoms. The van der Waals surface area contributed by atoms with Crippen LogP contribution >= 0.6 is 11.8 Å². The van der Waals surface area contributed by atoms with Gasteiger partial charge in [-0.3, -0.25) is 0 Å². The van der Waals surface area contributed by atoms with Crippen molar-refractivity contribution in [2.75, 3.05) is 0 Å². The van der Waals surface area contributed by atoms with Gasteiger partial charge < -0.3 is 0 Å². The van der Waals surface area contributed by atoms with Crippen LogP contribution in [0.1, 0.15) is 0 Å². The van der Waals surface area contributed by atoms with Crippen LogP contribution < -0.4 is 4.24 Å². The van der Waals surface area contributed by atoms with Crippen molar-refractivity contribution >= 4 is 51.4 Å². The number of rotatable bonds is 2. The predicted octanol–water partition coefficient (Wildman–Crippen LogP) is 0.470. The van der Waals surface area contributed by atoms with Gasteiger partial charge in [0.1, 0.15) is 0 Å². The van der Waals surface area contributed by atoms with Crippen molar-refractivity contribution < 1.29 is 8.42 Å². The number of hydrogen-bond donors (Lipinski definition) is 1. The van der Waals surface area contributed by atoms with Gasteiger partial charge in [0.15, 0.2) is 0 Å². The average molecular weight is 216 g/mol. The predicted molar refractivity (Wildman–Crippen MR) is 49.8 cm³/mol. The molecule has 0 fully saturated rings. The molecule has 0 heterocycles. The van der Waals surface area contributed by atoms with E-state index >= 15 is 0 Å². The molecule has 0 spiro atoms. The van der Waals surface area contributed by atoms with Gasteiger partial charge in [0.2, 0.25) is 0 Å². The van der Waals surface area contributed by atoms with E-state index in [1.54, 1.807) is 22.4 Å². The van der Waals surface area contributed by atoms with E-state index in [9.17, 15) is 8.42 Å². The van der Waals surface area contributed by atoms with E-state index in [1.165, 1.54) is 12.1 Å². The van der Waals surface area contributed by atoms with E-state index in [0.717, 1.165) is 0 Å². The Morgan fingerprint density at radius 3 is 2.08 bits per heavy atom. The molecule has 1 aromatic carbocycles. The zero-order valence-electron chi connectivity index (χ0n) is 5.49. The van der Waals surface area contributed by atoms with Crippen LogP contribution in [0, 0.1) is 0 Å². The summed E-state index contributed by atoms with van der Waals surface area (Å²) < 4.78 is 23.6. The van der Waals surface area contributed by atoms with Crippen molar-refractivity contribution in [3.8, 4) is 0 Å². The Bertz CT molecular complexity index is 327. The first-order valence-corrected chi connectivity index (χ1v) is 4.70. The van der Waals surface area contributed by atoms with Crippen molar-refractivity contribution in [2.24, 2.45) is 0 Å². The van der Waals surface area contributed by atoms with Crippen LogP contribution in [0.5, 0.6) is 0 Å². The van der Waals surface area contributed by atoms with E-state index in [1.807, 2.05) is 0 Å². The van der Waals surface area contributed by atoms with Crippen molar-refractivity contribution in [1.29, 1.82) is 0 Å². The Morgan fingerprint density at radius 1 is 1.17 bits per heavy atom. The number of benzene rings is 1. The fraction of sp³-hybridized carbons (Fsp3) is 0. The van der Waals surface area contributed by atoms with Gasteiger partial charge in [-0.2, -0.15) is 0 Å². The van der Waals surface area contributed by atoms with Crippen molar-refractivity contribution in [1.82, 2.24) is 4.24 Å². The molecule has 0 aliphatic carbocycles. The molecular formula is C6H7ClNNaO2S. The second-order valence-electron chi connectivity index (χ2n) is 1.89. The minimum atomic E-state index is -3.48. The second kappa shape index (κ2) is 5.21. The van der Waals surface area contributed by atoms with Gasteiger partial charge in [-0.1, -0.05) is 18.2 Å². The summed E-state index contributed by atoms with van der Waals surface area (Å²) in [5.41, 5.74) is 0. The molecule has 0 atom stereocenters. The molecule has 0 amide bonds. The van der Waals surface area contributed by atoms with Gasteiger partial charge in [0.05, 0.1) is 4.90 Å². The van der Waals surface area contributed by atoms with Gasteiger partial charge in [-0.25, -0.2) is 8.42 Å². The summed E-state index contributed by atoms with van der Waals surface area (Å²) in [6.07, 6.45) is 0. The molecule has 0 aliphatic heterocycles. The van der Waals surface area contributed by atoms with E-state index < -0.39 is 10.0 Å². The Kier molecular flexibility index (Phi) is 5.40. The molecule has 1 N–H and O–H groups in total. The van der Waals surface area contributed by atoms with Crippen LogP contribution in [0.2, 0.25) is 0 Å². The molecule has 1 aromatic rings. The summed E-state index contributed by atoms with van der Waals surface area (Å²) in [7, 11) is -3.48. The zero-order valence-corrected chi connectivity index (χ0v) is 7.06. The third-order valence-electron chi connectivity index (χ3n) is 1.16. The molecule has 0 aromatic heterocycles. The van der Waals surface area contributed by atoms with E-state index in [2.05, 4.69) is 0 Å².